The van der Waals surface area contributed by atoms with Gasteiger partial charge in [-0.25, -0.2) is 5.84 Å². The van der Waals surface area contributed by atoms with Crippen LogP contribution in [-0.4, -0.2) is 35.1 Å². The van der Waals surface area contributed by atoms with Crippen molar-refractivity contribution in [3.63, 3.8) is 0 Å². The van der Waals surface area contributed by atoms with E-state index in [0.29, 0.717) is 29.8 Å². The van der Waals surface area contributed by atoms with Crippen LogP contribution in [0.2, 0.25) is 0 Å². The summed E-state index contributed by atoms with van der Waals surface area (Å²) in [5.41, 5.74) is 2.46. The van der Waals surface area contributed by atoms with Crippen LogP contribution in [0.15, 0.2) is 0 Å². The topological polar surface area (TPSA) is 92.0 Å². The van der Waals surface area contributed by atoms with Gasteiger partial charge in [-0.15, -0.1) is 0 Å². The van der Waals surface area contributed by atoms with Crippen molar-refractivity contribution in [3.8, 4) is 0 Å². The molecular weight excluding hydrogens is 242 g/mol. The Morgan fingerprint density at radius 2 is 1.68 bits per heavy atom. The molecule has 7 heteroatoms. The molecule has 0 amide bonds. The number of rotatable bonds is 7. The van der Waals surface area contributed by atoms with Gasteiger partial charge < -0.3 is 10.2 Å². The van der Waals surface area contributed by atoms with E-state index in [1.54, 1.807) is 0 Å². The van der Waals surface area contributed by atoms with Crippen LogP contribution < -0.4 is 21.5 Å². The highest BCUT2D eigenvalue weighted by molar-refractivity contribution is 5.42. The maximum atomic E-state index is 5.38. The summed E-state index contributed by atoms with van der Waals surface area (Å²) < 4.78 is 0. The van der Waals surface area contributed by atoms with E-state index >= 15 is 0 Å². The highest BCUT2D eigenvalue weighted by Crippen LogP contribution is 2.17. The summed E-state index contributed by atoms with van der Waals surface area (Å²) in [5.74, 6) is 7.45. The molecule has 1 aromatic rings. The molecule has 0 fully saturated rings. The quantitative estimate of drug-likeness (QED) is 0.509. The number of hydrogen-bond donors (Lipinski definition) is 3. The van der Waals surface area contributed by atoms with Gasteiger partial charge in [-0.3, -0.25) is 5.43 Å². The van der Waals surface area contributed by atoms with Crippen molar-refractivity contribution in [1.82, 2.24) is 15.0 Å². The molecule has 0 saturated carbocycles. The summed E-state index contributed by atoms with van der Waals surface area (Å²) in [6, 6.07) is 0.304. The zero-order chi connectivity index (χ0) is 14.4. The first-order chi connectivity index (χ1) is 9.01. The normalized spacial score (nSPS) is 12.4. The molecule has 1 atom stereocenters. The predicted molar refractivity (Wildman–Crippen MR) is 79.1 cm³/mol. The van der Waals surface area contributed by atoms with Gasteiger partial charge in [-0.2, -0.15) is 15.0 Å². The number of nitrogens with two attached hydrogens (primary N) is 1. The third-order valence-electron chi connectivity index (χ3n) is 3.27. The van der Waals surface area contributed by atoms with Crippen molar-refractivity contribution in [3.05, 3.63) is 0 Å². The Hall–Kier alpha value is -1.63. The monoisotopic (exact) mass is 267 g/mol. The molecule has 1 unspecified atom stereocenters. The van der Waals surface area contributed by atoms with E-state index in [1.807, 2.05) is 19.0 Å². The third kappa shape index (κ3) is 4.20. The minimum absolute atomic E-state index is 0.304. The van der Waals surface area contributed by atoms with Gasteiger partial charge in [-0.1, -0.05) is 26.7 Å². The molecule has 0 bridgehead atoms. The van der Waals surface area contributed by atoms with Crippen LogP contribution in [0.4, 0.5) is 17.8 Å². The van der Waals surface area contributed by atoms with Crippen LogP contribution >= 0.6 is 0 Å². The van der Waals surface area contributed by atoms with Crippen LogP contribution in [0, 0.1) is 5.92 Å². The Kier molecular flexibility index (Phi) is 5.75. The zero-order valence-corrected chi connectivity index (χ0v) is 12.4. The van der Waals surface area contributed by atoms with Crippen LogP contribution in [0.25, 0.3) is 0 Å². The number of nitrogen functional groups attached to an aromatic ring is 1. The number of hydrazine groups is 1. The zero-order valence-electron chi connectivity index (χ0n) is 12.4. The molecule has 0 aliphatic rings. The molecule has 0 spiro atoms. The van der Waals surface area contributed by atoms with Gasteiger partial charge in [0.2, 0.25) is 17.8 Å². The third-order valence-corrected chi connectivity index (χ3v) is 3.27. The Morgan fingerprint density at radius 1 is 1.11 bits per heavy atom. The first kappa shape index (κ1) is 15.4. The van der Waals surface area contributed by atoms with Crippen molar-refractivity contribution in [2.45, 2.75) is 39.7 Å². The van der Waals surface area contributed by atoms with Gasteiger partial charge in [-0.05, 0) is 12.8 Å². The van der Waals surface area contributed by atoms with E-state index in [1.165, 1.54) is 0 Å². The average molecular weight is 267 g/mol. The second-order valence-corrected chi connectivity index (χ2v) is 4.83. The molecule has 0 saturated heterocycles. The second kappa shape index (κ2) is 7.08. The maximum absolute atomic E-state index is 5.38. The minimum atomic E-state index is 0.304. The standard InChI is InChI=1S/C12H25N7/c1-6-9(7-2)8(3)14-10-15-11(18-13)17-12(16-10)19(4)5/h8-9H,6-7,13H2,1-5H3,(H2,14,15,16,17,18). The smallest absolute Gasteiger partial charge is 0.243 e. The maximum Gasteiger partial charge on any atom is 0.243 e. The highest BCUT2D eigenvalue weighted by Gasteiger charge is 2.15. The lowest BCUT2D eigenvalue weighted by Gasteiger charge is -2.23. The lowest BCUT2D eigenvalue weighted by Crippen LogP contribution is -2.27. The van der Waals surface area contributed by atoms with Crippen molar-refractivity contribution < 1.29 is 0 Å². The Balaban J connectivity index is 2.90. The van der Waals surface area contributed by atoms with Crippen molar-refractivity contribution in [2.75, 3.05) is 29.7 Å². The lowest BCUT2D eigenvalue weighted by molar-refractivity contribution is 0.436. The fraction of sp³-hybridized carbons (Fsp3) is 0.750. The number of nitrogens with one attached hydrogen (secondary N) is 2. The average Bonchev–Trinajstić information content (AvgIpc) is 2.39. The van der Waals surface area contributed by atoms with E-state index < -0.39 is 0 Å². The molecule has 1 rings (SSSR count). The Morgan fingerprint density at radius 3 is 2.16 bits per heavy atom. The fourth-order valence-electron chi connectivity index (χ4n) is 2.01. The van der Waals surface area contributed by atoms with Gasteiger partial charge >= 0.3 is 0 Å². The number of hydrogen-bond acceptors (Lipinski definition) is 7. The van der Waals surface area contributed by atoms with Gasteiger partial charge in [0.05, 0.1) is 0 Å². The predicted octanol–water partition coefficient (Wildman–Crippen LogP) is 1.46. The van der Waals surface area contributed by atoms with Crippen LogP contribution in [0.1, 0.15) is 33.6 Å². The van der Waals surface area contributed by atoms with Gasteiger partial charge in [0.25, 0.3) is 0 Å². The van der Waals surface area contributed by atoms with E-state index in [9.17, 15) is 0 Å². The molecule has 19 heavy (non-hydrogen) atoms. The first-order valence-corrected chi connectivity index (χ1v) is 6.68. The Bertz CT molecular complexity index is 390. The lowest BCUT2D eigenvalue weighted by atomic mass is 9.96. The number of nitrogens with zero attached hydrogens (tertiary/aromatic N) is 4. The Labute approximate surface area is 115 Å². The summed E-state index contributed by atoms with van der Waals surface area (Å²) >= 11 is 0. The van der Waals surface area contributed by atoms with Gasteiger partial charge in [0.1, 0.15) is 0 Å². The number of aromatic nitrogens is 3. The molecular formula is C12H25N7. The molecule has 1 heterocycles. The van der Waals surface area contributed by atoms with E-state index in [-0.39, 0.29) is 0 Å². The minimum Gasteiger partial charge on any atom is -0.351 e. The molecule has 0 aromatic carbocycles. The SMILES string of the molecule is CCC(CC)C(C)Nc1nc(NN)nc(N(C)C)n1. The van der Waals surface area contributed by atoms with E-state index in [4.69, 9.17) is 5.84 Å². The molecule has 7 nitrogen and oxygen atoms in total. The van der Waals surface area contributed by atoms with Crippen molar-refractivity contribution >= 4 is 17.8 Å². The molecule has 0 aliphatic heterocycles. The molecule has 0 radical (unpaired) electrons. The highest BCUT2D eigenvalue weighted by atomic mass is 15.4. The van der Waals surface area contributed by atoms with E-state index in [2.05, 4.69) is 46.5 Å². The summed E-state index contributed by atoms with van der Waals surface area (Å²) in [6.45, 7) is 6.53. The summed E-state index contributed by atoms with van der Waals surface area (Å²) in [7, 11) is 3.76. The summed E-state index contributed by atoms with van der Waals surface area (Å²) in [5, 5.41) is 3.33. The largest absolute Gasteiger partial charge is 0.351 e. The fourth-order valence-corrected chi connectivity index (χ4v) is 2.01. The number of anilines is 3. The molecule has 0 aliphatic carbocycles. The van der Waals surface area contributed by atoms with Crippen LogP contribution in [0.3, 0.4) is 0 Å². The second-order valence-electron chi connectivity index (χ2n) is 4.83. The van der Waals surface area contributed by atoms with E-state index in [0.717, 1.165) is 12.8 Å². The van der Waals surface area contributed by atoms with Crippen molar-refractivity contribution in [2.24, 2.45) is 11.8 Å². The first-order valence-electron chi connectivity index (χ1n) is 6.68. The molecule has 1 aromatic heterocycles. The van der Waals surface area contributed by atoms with Crippen LogP contribution in [-0.2, 0) is 0 Å². The molecule has 4 N–H and O–H groups in total. The molecule has 108 valence electrons. The van der Waals surface area contributed by atoms with Gasteiger partial charge in [0, 0.05) is 20.1 Å². The van der Waals surface area contributed by atoms with Crippen LogP contribution in [0.5, 0.6) is 0 Å². The van der Waals surface area contributed by atoms with Crippen molar-refractivity contribution in [1.29, 1.82) is 0 Å². The van der Waals surface area contributed by atoms with Gasteiger partial charge in [0.15, 0.2) is 0 Å². The summed E-state index contributed by atoms with van der Waals surface area (Å²) in [6.07, 6.45) is 2.25. The summed E-state index contributed by atoms with van der Waals surface area (Å²) in [4.78, 5) is 14.6.